The molecule has 0 unspecified atom stereocenters. The number of rotatable bonds is 6. The van der Waals surface area contributed by atoms with Crippen LogP contribution in [-0.4, -0.2) is 18.0 Å². The molecule has 1 aromatic rings. The van der Waals surface area contributed by atoms with Crippen LogP contribution in [0.2, 0.25) is 0 Å². The molecule has 19 heavy (non-hydrogen) atoms. The first-order valence-corrected chi connectivity index (χ1v) is 6.85. The highest BCUT2D eigenvalue weighted by atomic mass is 16.1. The van der Waals surface area contributed by atoms with Gasteiger partial charge in [0.2, 0.25) is 0 Å². The predicted octanol–water partition coefficient (Wildman–Crippen LogP) is 3.01. The Labute approximate surface area is 115 Å². The van der Waals surface area contributed by atoms with Crippen molar-refractivity contribution in [1.29, 1.82) is 0 Å². The fourth-order valence-corrected chi connectivity index (χ4v) is 2.13. The maximum Gasteiger partial charge on any atom is 0.251 e. The summed E-state index contributed by atoms with van der Waals surface area (Å²) in [6, 6.07) is 5.39. The molecule has 0 fully saturated rings. The zero-order chi connectivity index (χ0) is 14.5. The third kappa shape index (κ3) is 4.47. The number of nitrogen functional groups attached to an aromatic ring is 1. The average molecular weight is 263 g/mol. The van der Waals surface area contributed by atoms with Crippen molar-refractivity contribution in [2.24, 2.45) is 0 Å². The second-order valence-corrected chi connectivity index (χ2v) is 5.42. The predicted molar refractivity (Wildman–Crippen MR) is 81.5 cm³/mol. The third-order valence-corrected chi connectivity index (χ3v) is 3.00. The van der Waals surface area contributed by atoms with Crippen LogP contribution < -0.4 is 16.4 Å². The summed E-state index contributed by atoms with van der Waals surface area (Å²) in [4.78, 5) is 11.7. The first-order chi connectivity index (χ1) is 8.89. The molecule has 0 saturated carbocycles. The smallest absolute Gasteiger partial charge is 0.251 e. The molecule has 0 spiro atoms. The van der Waals surface area contributed by atoms with E-state index in [-0.39, 0.29) is 11.4 Å². The minimum absolute atomic E-state index is 0.00390. The van der Waals surface area contributed by atoms with Crippen molar-refractivity contribution in [1.82, 2.24) is 5.32 Å². The third-order valence-electron chi connectivity index (χ3n) is 3.00. The van der Waals surface area contributed by atoms with Crippen LogP contribution in [0.4, 0.5) is 11.4 Å². The van der Waals surface area contributed by atoms with Gasteiger partial charge in [0.05, 0.1) is 11.4 Å². The molecule has 0 saturated heterocycles. The lowest BCUT2D eigenvalue weighted by Gasteiger charge is -2.28. The Hall–Kier alpha value is -1.71. The second kappa shape index (κ2) is 6.45. The van der Waals surface area contributed by atoms with Crippen LogP contribution in [0.25, 0.3) is 0 Å². The number of carbonyl (C=O) groups excluding carboxylic acids is 1. The summed E-state index contributed by atoms with van der Waals surface area (Å²) in [7, 11) is 0. The number of carbonyl (C=O) groups is 1. The average Bonchev–Trinajstić information content (AvgIpc) is 2.31. The Morgan fingerprint density at radius 1 is 1.32 bits per heavy atom. The van der Waals surface area contributed by atoms with Gasteiger partial charge in [-0.3, -0.25) is 4.79 Å². The summed E-state index contributed by atoms with van der Waals surface area (Å²) >= 11 is 0. The van der Waals surface area contributed by atoms with E-state index in [0.717, 1.165) is 18.5 Å². The molecule has 0 aromatic heterocycles. The van der Waals surface area contributed by atoms with Crippen LogP contribution in [0.15, 0.2) is 18.2 Å². The molecule has 4 heteroatoms. The van der Waals surface area contributed by atoms with Crippen molar-refractivity contribution in [3.05, 3.63) is 23.8 Å². The van der Waals surface area contributed by atoms with E-state index in [4.69, 9.17) is 5.73 Å². The van der Waals surface area contributed by atoms with Gasteiger partial charge < -0.3 is 16.4 Å². The molecule has 0 radical (unpaired) electrons. The van der Waals surface area contributed by atoms with Crippen molar-refractivity contribution in [3.8, 4) is 0 Å². The van der Waals surface area contributed by atoms with Gasteiger partial charge in [0, 0.05) is 17.6 Å². The maximum absolute atomic E-state index is 11.7. The van der Waals surface area contributed by atoms with Crippen molar-refractivity contribution in [2.75, 3.05) is 17.6 Å². The highest BCUT2D eigenvalue weighted by molar-refractivity contribution is 5.96. The molecule has 1 aromatic carbocycles. The summed E-state index contributed by atoms with van der Waals surface area (Å²) in [5.74, 6) is -0.0893. The summed E-state index contributed by atoms with van der Waals surface area (Å²) in [6.45, 7) is 8.96. The maximum atomic E-state index is 11.7. The number of hydrogen-bond acceptors (Lipinski definition) is 3. The van der Waals surface area contributed by atoms with Crippen LogP contribution in [0.5, 0.6) is 0 Å². The molecule has 0 aliphatic heterocycles. The van der Waals surface area contributed by atoms with E-state index in [9.17, 15) is 4.79 Å². The Morgan fingerprint density at radius 3 is 2.53 bits per heavy atom. The number of hydrogen-bond donors (Lipinski definition) is 3. The minimum Gasteiger partial charge on any atom is -0.397 e. The van der Waals surface area contributed by atoms with E-state index in [1.165, 1.54) is 0 Å². The molecule has 4 nitrogen and oxygen atoms in total. The first-order valence-electron chi connectivity index (χ1n) is 6.85. The van der Waals surface area contributed by atoms with Gasteiger partial charge in [0.1, 0.15) is 0 Å². The Kier molecular flexibility index (Phi) is 5.21. The highest BCUT2D eigenvalue weighted by Crippen LogP contribution is 2.25. The van der Waals surface area contributed by atoms with Gasteiger partial charge in [0.15, 0.2) is 0 Å². The molecule has 0 aliphatic rings. The molecule has 1 amide bonds. The molecule has 0 heterocycles. The summed E-state index contributed by atoms with van der Waals surface area (Å²) < 4.78 is 0. The first kappa shape index (κ1) is 15.3. The number of amides is 1. The minimum atomic E-state index is -0.0893. The largest absolute Gasteiger partial charge is 0.397 e. The lowest BCUT2D eigenvalue weighted by atomic mass is 9.98. The molecular formula is C15H25N3O. The van der Waals surface area contributed by atoms with Crippen molar-refractivity contribution in [2.45, 2.75) is 46.1 Å². The van der Waals surface area contributed by atoms with E-state index in [2.05, 4.69) is 31.4 Å². The zero-order valence-corrected chi connectivity index (χ0v) is 12.3. The lowest BCUT2D eigenvalue weighted by molar-refractivity contribution is 0.0956. The van der Waals surface area contributed by atoms with E-state index in [1.807, 2.05) is 13.0 Å². The normalized spacial score (nSPS) is 11.2. The number of anilines is 2. The van der Waals surface area contributed by atoms with Crippen LogP contribution in [-0.2, 0) is 0 Å². The molecule has 0 atom stereocenters. The monoisotopic (exact) mass is 263 g/mol. The van der Waals surface area contributed by atoms with Crippen LogP contribution >= 0.6 is 0 Å². The topological polar surface area (TPSA) is 67.2 Å². The Morgan fingerprint density at radius 2 is 2.00 bits per heavy atom. The molecule has 1 rings (SSSR count). The fraction of sp³-hybridized carbons (Fsp3) is 0.533. The van der Waals surface area contributed by atoms with Crippen molar-refractivity contribution < 1.29 is 4.79 Å². The van der Waals surface area contributed by atoms with Gasteiger partial charge >= 0.3 is 0 Å². The number of benzene rings is 1. The fourth-order valence-electron chi connectivity index (χ4n) is 2.13. The molecule has 0 aliphatic carbocycles. The van der Waals surface area contributed by atoms with Crippen molar-refractivity contribution >= 4 is 17.3 Å². The number of nitrogens with two attached hydrogens (primary N) is 1. The van der Waals surface area contributed by atoms with E-state index >= 15 is 0 Å². The Balaban J connectivity index is 2.86. The van der Waals surface area contributed by atoms with Crippen molar-refractivity contribution in [3.63, 3.8) is 0 Å². The lowest BCUT2D eigenvalue weighted by Crippen LogP contribution is -2.31. The summed E-state index contributed by atoms with van der Waals surface area (Å²) in [6.07, 6.45) is 2.17. The second-order valence-electron chi connectivity index (χ2n) is 5.42. The molecule has 4 N–H and O–H groups in total. The van der Waals surface area contributed by atoms with Gasteiger partial charge in [-0.15, -0.1) is 0 Å². The number of nitrogens with one attached hydrogen (secondary N) is 2. The summed E-state index contributed by atoms with van der Waals surface area (Å²) in [5, 5.41) is 6.19. The molecule has 0 bridgehead atoms. The highest BCUT2D eigenvalue weighted by Gasteiger charge is 2.17. The summed E-state index contributed by atoms with van der Waals surface area (Å²) in [5.41, 5.74) is 8.09. The van der Waals surface area contributed by atoms with Crippen LogP contribution in [0, 0.1) is 0 Å². The van der Waals surface area contributed by atoms with Gasteiger partial charge in [-0.1, -0.05) is 13.3 Å². The zero-order valence-electron chi connectivity index (χ0n) is 12.3. The van der Waals surface area contributed by atoms with Gasteiger partial charge in [-0.2, -0.15) is 0 Å². The van der Waals surface area contributed by atoms with E-state index < -0.39 is 0 Å². The SMILES string of the molecule is CCCC(C)(C)Nc1ccc(C(=O)NCC)cc1N. The van der Waals surface area contributed by atoms with Gasteiger partial charge in [0.25, 0.3) is 5.91 Å². The standard InChI is InChI=1S/C15H25N3O/c1-5-9-15(3,4)18-13-8-7-11(10-12(13)16)14(19)17-6-2/h7-8,10,18H,5-6,9,16H2,1-4H3,(H,17,19). The van der Waals surface area contributed by atoms with E-state index in [1.54, 1.807) is 12.1 Å². The quantitative estimate of drug-likeness (QED) is 0.691. The van der Waals surface area contributed by atoms with E-state index in [0.29, 0.717) is 17.8 Å². The van der Waals surface area contributed by atoms with Gasteiger partial charge in [-0.25, -0.2) is 0 Å². The van der Waals surface area contributed by atoms with Crippen LogP contribution in [0.3, 0.4) is 0 Å². The molecular weight excluding hydrogens is 238 g/mol. The molecule has 106 valence electrons. The van der Waals surface area contributed by atoms with Gasteiger partial charge in [-0.05, 0) is 45.4 Å². The van der Waals surface area contributed by atoms with Crippen LogP contribution in [0.1, 0.15) is 50.9 Å². The Bertz CT molecular complexity index is 441.